The quantitative estimate of drug-likeness (QED) is 0.152. The third-order valence-corrected chi connectivity index (χ3v) is 10.9. The molecule has 0 aliphatic carbocycles. The lowest BCUT2D eigenvalue weighted by atomic mass is 10.0. The number of fused-ring (bicyclic) bond motifs is 6. The van der Waals surface area contributed by atoms with Crippen LogP contribution < -0.4 is 0 Å². The van der Waals surface area contributed by atoms with Gasteiger partial charge in [0, 0.05) is 32.7 Å². The maximum Gasteiger partial charge on any atom is 0.238 e. The molecule has 0 saturated heterocycles. The van der Waals surface area contributed by atoms with Crippen LogP contribution in [-0.2, 0) is 0 Å². The summed E-state index contributed by atoms with van der Waals surface area (Å²) in [6.07, 6.45) is 5.78. The van der Waals surface area contributed by atoms with Gasteiger partial charge in [-0.1, -0.05) is 109 Å². The van der Waals surface area contributed by atoms with Crippen molar-refractivity contribution in [3.05, 3.63) is 177 Å². The highest BCUT2D eigenvalue weighted by molar-refractivity contribution is 6.12. The van der Waals surface area contributed by atoms with E-state index in [1.807, 2.05) is 72.8 Å². The molecule has 0 N–H and O–H groups in total. The molecule has 0 bridgehead atoms. The third kappa shape index (κ3) is 5.91. The number of nitrogens with zero attached hydrogens (tertiary/aromatic N) is 13. The lowest BCUT2D eigenvalue weighted by Crippen LogP contribution is -2.06. The summed E-state index contributed by atoms with van der Waals surface area (Å²) in [7, 11) is 0. The van der Waals surface area contributed by atoms with Crippen molar-refractivity contribution in [3.8, 4) is 68.8 Å². The van der Waals surface area contributed by atoms with E-state index >= 15 is 0 Å². The second-order valence-electron chi connectivity index (χ2n) is 14.5. The summed E-state index contributed by atoms with van der Waals surface area (Å²) < 4.78 is 4.20. The van der Waals surface area contributed by atoms with Gasteiger partial charge in [-0.15, -0.1) is 0 Å². The Bertz CT molecular complexity index is 3270. The maximum atomic E-state index is 5.10. The van der Waals surface area contributed by atoms with Gasteiger partial charge in [-0.3, -0.25) is 9.13 Å². The number of aromatic nitrogens is 13. The molecule has 290 valence electrons. The summed E-state index contributed by atoms with van der Waals surface area (Å²) in [5.74, 6) is 3.00. The average molecular weight is 800 g/mol. The number of hydrogen-bond donors (Lipinski definition) is 0. The molecule has 12 rings (SSSR count). The van der Waals surface area contributed by atoms with Crippen LogP contribution in [0.4, 0.5) is 0 Å². The first-order chi connectivity index (χ1) is 30.7. The first kappa shape index (κ1) is 35.0. The molecule has 0 radical (unpaired) electrons. The van der Waals surface area contributed by atoms with Crippen LogP contribution in [0.2, 0.25) is 0 Å². The van der Waals surface area contributed by atoms with Gasteiger partial charge in [0.2, 0.25) is 11.9 Å². The fourth-order valence-corrected chi connectivity index (χ4v) is 8.14. The van der Waals surface area contributed by atoms with Crippen LogP contribution in [0.15, 0.2) is 177 Å². The van der Waals surface area contributed by atoms with Crippen molar-refractivity contribution in [2.24, 2.45) is 0 Å². The first-order valence-electron chi connectivity index (χ1n) is 19.8. The molecule has 0 saturated carbocycles. The van der Waals surface area contributed by atoms with Gasteiger partial charge >= 0.3 is 0 Å². The molecule has 0 unspecified atom stereocenters. The summed E-state index contributed by atoms with van der Waals surface area (Å²) in [5, 5.41) is 4.27. The SMILES string of the molecule is c1ccc(-c2nc(-c3ccccc3)nc(-n3c4ccccc4c4cc(-c5ccc6c(c5)c5ccccc5n6-c5nc(-c6ncncn6)cc(-c6ncncn6)n5)ccc43)n2)cc1. The van der Waals surface area contributed by atoms with Crippen LogP contribution in [0.3, 0.4) is 0 Å². The Labute approximate surface area is 352 Å². The van der Waals surface area contributed by atoms with Gasteiger partial charge in [0.25, 0.3) is 0 Å². The van der Waals surface area contributed by atoms with Crippen LogP contribution in [0.1, 0.15) is 0 Å². The predicted octanol–water partition coefficient (Wildman–Crippen LogP) is 9.56. The highest BCUT2D eigenvalue weighted by Crippen LogP contribution is 2.38. The van der Waals surface area contributed by atoms with E-state index in [1.165, 1.54) is 25.3 Å². The molecule has 13 heteroatoms. The minimum Gasteiger partial charge on any atom is -0.278 e. The normalized spacial score (nSPS) is 11.5. The smallest absolute Gasteiger partial charge is 0.238 e. The van der Waals surface area contributed by atoms with Gasteiger partial charge in [-0.05, 0) is 53.6 Å². The minimum atomic E-state index is 0.405. The van der Waals surface area contributed by atoms with Gasteiger partial charge < -0.3 is 0 Å². The Balaban J connectivity index is 1.02. The molecule has 0 spiro atoms. The van der Waals surface area contributed by atoms with Crippen molar-refractivity contribution in [2.45, 2.75) is 0 Å². The number of benzene rings is 6. The predicted molar refractivity (Wildman–Crippen MR) is 238 cm³/mol. The van der Waals surface area contributed by atoms with E-state index < -0.39 is 0 Å². The first-order valence-corrected chi connectivity index (χ1v) is 19.8. The molecule has 6 heterocycles. The monoisotopic (exact) mass is 799 g/mol. The Hall–Kier alpha value is -8.97. The highest BCUT2D eigenvalue weighted by atomic mass is 15.2. The summed E-state index contributed by atoms with van der Waals surface area (Å²) in [6.45, 7) is 0. The van der Waals surface area contributed by atoms with Crippen molar-refractivity contribution in [3.63, 3.8) is 0 Å². The van der Waals surface area contributed by atoms with Crippen LogP contribution in [-0.4, -0.2) is 64.0 Å². The standard InChI is InChI=1S/C49H29N13/c1-3-11-30(12-4-1)44-58-45(31-13-5-2-6-14-31)60-49(59-44)62-41-18-10-8-16-35(41)37-24-33(20-22-43(37)62)32-19-21-42-36(23-32)34-15-7-9-17-40(34)61(42)48-56-38(46-52-26-50-27-53-46)25-39(57-48)47-54-28-51-29-55-47/h1-29H. The van der Waals surface area contributed by atoms with E-state index in [0.717, 1.165) is 65.9 Å². The van der Waals surface area contributed by atoms with Crippen molar-refractivity contribution in [1.29, 1.82) is 0 Å². The molecular formula is C49H29N13. The summed E-state index contributed by atoms with van der Waals surface area (Å²) in [6, 6.07) is 51.6. The molecule has 0 aliphatic heterocycles. The molecule has 13 nitrogen and oxygen atoms in total. The van der Waals surface area contributed by atoms with Gasteiger partial charge in [0.1, 0.15) is 36.7 Å². The van der Waals surface area contributed by atoms with E-state index in [0.29, 0.717) is 46.6 Å². The maximum absolute atomic E-state index is 5.10. The third-order valence-electron chi connectivity index (χ3n) is 10.9. The molecule has 6 aromatic heterocycles. The second kappa shape index (κ2) is 14.4. The summed E-state index contributed by atoms with van der Waals surface area (Å²) in [5.41, 5.74) is 8.82. The van der Waals surface area contributed by atoms with Crippen LogP contribution in [0.25, 0.3) is 112 Å². The van der Waals surface area contributed by atoms with Crippen LogP contribution in [0.5, 0.6) is 0 Å². The topological polar surface area (TPSA) is 152 Å². The lowest BCUT2D eigenvalue weighted by molar-refractivity contribution is 0.953. The van der Waals surface area contributed by atoms with Crippen molar-refractivity contribution >= 4 is 43.6 Å². The van der Waals surface area contributed by atoms with Crippen molar-refractivity contribution in [2.75, 3.05) is 0 Å². The largest absolute Gasteiger partial charge is 0.278 e. The van der Waals surface area contributed by atoms with Crippen molar-refractivity contribution in [1.82, 2.24) is 64.0 Å². The molecule has 62 heavy (non-hydrogen) atoms. The Morgan fingerprint density at radius 2 is 0.694 bits per heavy atom. The molecule has 0 amide bonds. The number of rotatable bonds is 7. The van der Waals surface area contributed by atoms with E-state index in [1.54, 1.807) is 6.07 Å². The summed E-state index contributed by atoms with van der Waals surface area (Å²) in [4.78, 5) is 50.7. The fourth-order valence-electron chi connectivity index (χ4n) is 8.14. The zero-order valence-electron chi connectivity index (χ0n) is 32.6. The zero-order chi connectivity index (χ0) is 41.0. The molecule has 0 atom stereocenters. The fraction of sp³-hybridized carbons (Fsp3) is 0. The van der Waals surface area contributed by atoms with Gasteiger partial charge in [0.05, 0.1) is 22.1 Å². The van der Waals surface area contributed by atoms with Gasteiger partial charge in [-0.2, -0.15) is 9.97 Å². The van der Waals surface area contributed by atoms with E-state index in [4.69, 9.17) is 24.9 Å². The molecule has 12 aromatic rings. The van der Waals surface area contributed by atoms with E-state index in [-0.39, 0.29) is 0 Å². The van der Waals surface area contributed by atoms with Crippen LogP contribution >= 0.6 is 0 Å². The minimum absolute atomic E-state index is 0.405. The molecule has 6 aromatic carbocycles. The lowest BCUT2D eigenvalue weighted by Gasteiger charge is -2.11. The average Bonchev–Trinajstić information content (AvgIpc) is 3.87. The molecule has 0 fully saturated rings. The Morgan fingerprint density at radius 3 is 1.16 bits per heavy atom. The van der Waals surface area contributed by atoms with E-state index in [2.05, 4.69) is 112 Å². The van der Waals surface area contributed by atoms with Gasteiger partial charge in [-0.25, -0.2) is 44.9 Å². The van der Waals surface area contributed by atoms with Crippen molar-refractivity contribution < 1.29 is 0 Å². The number of para-hydroxylation sites is 2. The summed E-state index contributed by atoms with van der Waals surface area (Å²) >= 11 is 0. The number of hydrogen-bond acceptors (Lipinski definition) is 11. The zero-order valence-corrected chi connectivity index (χ0v) is 32.6. The second-order valence-corrected chi connectivity index (χ2v) is 14.5. The Kier molecular flexibility index (Phi) is 8.13. The highest BCUT2D eigenvalue weighted by Gasteiger charge is 2.21. The van der Waals surface area contributed by atoms with Gasteiger partial charge in [0.15, 0.2) is 23.3 Å². The van der Waals surface area contributed by atoms with E-state index in [9.17, 15) is 0 Å². The molecule has 0 aliphatic rings. The van der Waals surface area contributed by atoms with Crippen LogP contribution in [0, 0.1) is 0 Å². The Morgan fingerprint density at radius 1 is 0.290 bits per heavy atom. The molecular weight excluding hydrogens is 771 g/mol.